The van der Waals surface area contributed by atoms with Gasteiger partial charge >= 0.3 is 35.5 Å². The van der Waals surface area contributed by atoms with E-state index in [1.165, 1.54) is 57.8 Å². The van der Waals surface area contributed by atoms with Gasteiger partial charge in [0.15, 0.2) is 0 Å². The molecule has 0 heterocycles. The minimum atomic E-state index is -1.10. The Morgan fingerprint density at radius 1 is 0.913 bits per heavy atom. The van der Waals surface area contributed by atoms with E-state index >= 15 is 0 Å². The third-order valence-corrected chi connectivity index (χ3v) is 4.36. The van der Waals surface area contributed by atoms with Gasteiger partial charge in [0.25, 0.3) is 0 Å². The van der Waals surface area contributed by atoms with Crippen molar-refractivity contribution in [2.45, 2.75) is 96.9 Å². The first kappa shape index (κ1) is 25.3. The maximum Gasteiger partial charge on any atom is 1.00 e. The first-order valence-corrected chi connectivity index (χ1v) is 9.01. The number of Topliss-reactive ketones (excluding diaryl/α,β-unsaturated/α-hetero) is 1. The van der Waals surface area contributed by atoms with Gasteiger partial charge in [-0.05, 0) is 6.42 Å². The predicted molar refractivity (Wildman–Crippen MR) is 92.0 cm³/mol. The summed E-state index contributed by atoms with van der Waals surface area (Å²) in [6.45, 7) is 3.85. The van der Waals surface area contributed by atoms with Gasteiger partial charge in [-0.1, -0.05) is 78.1 Å². The number of hydrogen-bond acceptors (Lipinski definition) is 3. The molecular weight excluding hydrogens is 301 g/mol. The number of carbonyl (C=O) groups excluding carboxylic acids is 1. The third-order valence-electron chi connectivity index (χ3n) is 4.36. The number of ketones is 1. The van der Waals surface area contributed by atoms with Crippen LogP contribution in [0.15, 0.2) is 0 Å². The van der Waals surface area contributed by atoms with Crippen molar-refractivity contribution in [3.63, 3.8) is 0 Å². The Morgan fingerprint density at radius 3 is 1.70 bits per heavy atom. The fraction of sp³-hybridized carbons (Fsp3) is 0.889. The maximum absolute atomic E-state index is 11.8. The van der Waals surface area contributed by atoms with Crippen molar-refractivity contribution in [1.82, 2.24) is 0 Å². The summed E-state index contributed by atoms with van der Waals surface area (Å²) in [7, 11) is 0. The number of carboxylic acids is 1. The van der Waals surface area contributed by atoms with Gasteiger partial charge in [-0.25, -0.2) is 0 Å². The number of unbranched alkanes of at least 4 members (excludes halogenated alkanes) is 10. The van der Waals surface area contributed by atoms with Crippen molar-refractivity contribution in [2.24, 2.45) is 11.7 Å². The van der Waals surface area contributed by atoms with E-state index in [4.69, 9.17) is 10.8 Å². The van der Waals surface area contributed by atoms with Crippen LogP contribution in [0.1, 0.15) is 92.3 Å². The summed E-state index contributed by atoms with van der Waals surface area (Å²) in [5.74, 6) is -1.70. The second-order valence-corrected chi connectivity index (χ2v) is 6.40. The number of carboxylic acid groups (broad SMARTS) is 1. The van der Waals surface area contributed by atoms with E-state index in [1.807, 2.05) is 0 Å². The Balaban J connectivity index is -0.00000220. The molecule has 0 aliphatic carbocycles. The van der Waals surface area contributed by atoms with E-state index < -0.39 is 17.9 Å². The van der Waals surface area contributed by atoms with Crippen LogP contribution < -0.4 is 35.3 Å². The van der Waals surface area contributed by atoms with Gasteiger partial charge in [-0.2, -0.15) is 0 Å². The number of nitrogens with two attached hydrogens (primary N) is 1. The molecular formula is C18H36NNaO3. The van der Waals surface area contributed by atoms with Gasteiger partial charge in [0.05, 0.1) is 0 Å². The molecule has 4 nitrogen and oxygen atoms in total. The second-order valence-electron chi connectivity index (χ2n) is 6.40. The summed E-state index contributed by atoms with van der Waals surface area (Å²) >= 11 is 0. The van der Waals surface area contributed by atoms with Crippen LogP contribution in [-0.4, -0.2) is 22.9 Å². The summed E-state index contributed by atoms with van der Waals surface area (Å²) in [4.78, 5) is 22.5. The van der Waals surface area contributed by atoms with E-state index in [2.05, 4.69) is 6.92 Å². The minimum Gasteiger partial charge on any atom is -1.00 e. The zero-order valence-corrected chi connectivity index (χ0v) is 17.5. The molecule has 132 valence electrons. The summed E-state index contributed by atoms with van der Waals surface area (Å²) in [5, 5.41) is 8.78. The van der Waals surface area contributed by atoms with Crippen LogP contribution in [0.25, 0.3) is 0 Å². The van der Waals surface area contributed by atoms with Gasteiger partial charge in [0.1, 0.15) is 11.8 Å². The molecule has 0 aliphatic heterocycles. The van der Waals surface area contributed by atoms with Crippen molar-refractivity contribution in [3.05, 3.63) is 0 Å². The zero-order valence-electron chi connectivity index (χ0n) is 16.5. The molecule has 0 saturated heterocycles. The standard InChI is InChI=1S/C18H35NO3.Na.H/c1-3-4-5-6-7-8-9-10-11-12-13-14-16(20)15(2)17(19)18(21)22;;/h15,17H,3-14,19H2,1-2H3,(H,21,22);;/q;+1;-1/t15?,17-;;/m0../s1. The van der Waals surface area contributed by atoms with E-state index in [0.29, 0.717) is 6.42 Å². The summed E-state index contributed by atoms with van der Waals surface area (Å²) in [6, 6.07) is -1.07. The van der Waals surface area contributed by atoms with Crippen molar-refractivity contribution in [3.8, 4) is 0 Å². The van der Waals surface area contributed by atoms with Gasteiger partial charge in [-0.3, -0.25) is 9.59 Å². The molecule has 0 bridgehead atoms. The van der Waals surface area contributed by atoms with Crippen molar-refractivity contribution in [1.29, 1.82) is 0 Å². The molecule has 5 heteroatoms. The molecule has 0 aliphatic rings. The average molecular weight is 337 g/mol. The number of carbonyl (C=O) groups is 2. The fourth-order valence-corrected chi connectivity index (χ4v) is 2.61. The van der Waals surface area contributed by atoms with Crippen molar-refractivity contribution in [2.75, 3.05) is 0 Å². The van der Waals surface area contributed by atoms with Crippen LogP contribution in [0.4, 0.5) is 0 Å². The summed E-state index contributed by atoms with van der Waals surface area (Å²) < 4.78 is 0. The van der Waals surface area contributed by atoms with E-state index in [9.17, 15) is 9.59 Å². The minimum absolute atomic E-state index is 0. The topological polar surface area (TPSA) is 80.4 Å². The van der Waals surface area contributed by atoms with Crippen LogP contribution in [-0.2, 0) is 9.59 Å². The molecule has 0 saturated carbocycles. The largest absolute Gasteiger partial charge is 1.00 e. The summed E-state index contributed by atoms with van der Waals surface area (Å²) in [6.07, 6.45) is 14.1. The van der Waals surface area contributed by atoms with E-state index in [-0.39, 0.29) is 36.8 Å². The average Bonchev–Trinajstić information content (AvgIpc) is 2.50. The van der Waals surface area contributed by atoms with Crippen LogP contribution in [0.2, 0.25) is 0 Å². The maximum atomic E-state index is 11.8. The molecule has 0 fully saturated rings. The molecule has 0 spiro atoms. The fourth-order valence-electron chi connectivity index (χ4n) is 2.61. The van der Waals surface area contributed by atoms with Crippen LogP contribution in [0, 0.1) is 5.92 Å². The van der Waals surface area contributed by atoms with E-state index in [1.54, 1.807) is 6.92 Å². The van der Waals surface area contributed by atoms with Crippen molar-refractivity contribution < 1.29 is 45.7 Å². The van der Waals surface area contributed by atoms with Gasteiger partial charge in [0.2, 0.25) is 0 Å². The number of hydrogen-bond donors (Lipinski definition) is 2. The molecule has 0 aromatic heterocycles. The molecule has 1 unspecified atom stereocenters. The number of aliphatic carboxylic acids is 1. The van der Waals surface area contributed by atoms with Gasteiger partial charge in [-0.15, -0.1) is 0 Å². The Bertz CT molecular complexity index is 317. The smallest absolute Gasteiger partial charge is 1.00 e. The molecule has 0 rings (SSSR count). The Kier molecular flexibility index (Phi) is 18.7. The predicted octanol–water partition coefficient (Wildman–Crippen LogP) is 1.42. The van der Waals surface area contributed by atoms with Crippen LogP contribution in [0.3, 0.4) is 0 Å². The van der Waals surface area contributed by atoms with Gasteiger partial charge < -0.3 is 12.3 Å². The molecule has 0 aromatic rings. The van der Waals surface area contributed by atoms with Crippen molar-refractivity contribution >= 4 is 11.8 Å². The first-order chi connectivity index (χ1) is 10.5. The monoisotopic (exact) mass is 337 g/mol. The Hall–Kier alpha value is 0.100. The molecule has 3 N–H and O–H groups in total. The first-order valence-electron chi connectivity index (χ1n) is 9.01. The molecule has 23 heavy (non-hydrogen) atoms. The SMILES string of the molecule is CCCCCCCCCCCCCC(=O)C(C)[C@H](N)C(=O)O.[H-].[Na+]. The summed E-state index contributed by atoms with van der Waals surface area (Å²) in [5.41, 5.74) is 5.47. The van der Waals surface area contributed by atoms with Gasteiger partial charge in [0, 0.05) is 12.3 Å². The quantitative estimate of drug-likeness (QED) is 0.350. The normalized spacial score (nSPS) is 13.2. The Morgan fingerprint density at radius 2 is 1.30 bits per heavy atom. The molecule has 0 aromatic carbocycles. The molecule has 0 radical (unpaired) electrons. The van der Waals surface area contributed by atoms with Crippen LogP contribution in [0.5, 0.6) is 0 Å². The van der Waals surface area contributed by atoms with E-state index in [0.717, 1.165) is 12.8 Å². The Labute approximate surface area is 165 Å². The third kappa shape index (κ3) is 14.2. The van der Waals surface area contributed by atoms with Crippen LogP contribution >= 0.6 is 0 Å². The molecule has 0 amide bonds. The zero-order chi connectivity index (χ0) is 16.8. The molecule has 2 atom stereocenters. The number of rotatable bonds is 15. The second kappa shape index (κ2) is 16.9.